The largest absolute Gasteiger partial charge is 0.487 e. The molecule has 3 aromatic rings. The van der Waals surface area contributed by atoms with Crippen molar-refractivity contribution >= 4 is 41.0 Å². The number of amides is 1. The predicted molar refractivity (Wildman–Crippen MR) is 115 cm³/mol. The highest BCUT2D eigenvalue weighted by Gasteiger charge is 2.11. The monoisotopic (exact) mass is 443 g/mol. The van der Waals surface area contributed by atoms with Gasteiger partial charge in [0.05, 0.1) is 16.2 Å². The molecule has 152 valence electrons. The highest BCUT2D eigenvalue weighted by Crippen LogP contribution is 2.27. The fraction of sp³-hybridized carbons (Fsp3) is 0.0476. The molecule has 1 amide bonds. The Morgan fingerprint density at radius 2 is 1.87 bits per heavy atom. The van der Waals surface area contributed by atoms with E-state index in [9.17, 15) is 14.9 Å². The summed E-state index contributed by atoms with van der Waals surface area (Å²) in [7, 11) is 0. The fourth-order valence-electron chi connectivity index (χ4n) is 2.48. The van der Waals surface area contributed by atoms with Crippen molar-refractivity contribution < 1.29 is 14.5 Å². The fourth-order valence-corrected chi connectivity index (χ4v) is 2.91. The van der Waals surface area contributed by atoms with E-state index >= 15 is 0 Å². The van der Waals surface area contributed by atoms with Gasteiger partial charge < -0.3 is 4.74 Å². The lowest BCUT2D eigenvalue weighted by atomic mass is 10.2. The van der Waals surface area contributed by atoms with Crippen LogP contribution >= 0.6 is 23.2 Å². The molecule has 0 aliphatic rings. The Morgan fingerprint density at radius 3 is 2.60 bits per heavy atom. The number of nitrogens with zero attached hydrogens (tertiary/aromatic N) is 2. The first-order valence-corrected chi connectivity index (χ1v) is 9.43. The Hall–Kier alpha value is -3.42. The summed E-state index contributed by atoms with van der Waals surface area (Å²) < 4.78 is 5.70. The van der Waals surface area contributed by atoms with Crippen LogP contribution < -0.4 is 10.2 Å². The second-order valence-electron chi connectivity index (χ2n) is 6.08. The van der Waals surface area contributed by atoms with E-state index in [4.69, 9.17) is 27.9 Å². The summed E-state index contributed by atoms with van der Waals surface area (Å²) in [6, 6.07) is 17.7. The second-order valence-corrected chi connectivity index (χ2v) is 6.89. The van der Waals surface area contributed by atoms with E-state index in [1.54, 1.807) is 24.3 Å². The van der Waals surface area contributed by atoms with Crippen molar-refractivity contribution in [2.45, 2.75) is 6.61 Å². The zero-order valence-corrected chi connectivity index (χ0v) is 16.9. The molecular formula is C21H15Cl2N3O4. The quantitative estimate of drug-likeness (QED) is 0.306. The molecule has 3 aromatic carbocycles. The molecule has 0 unspecified atom stereocenters. The van der Waals surface area contributed by atoms with Crippen molar-refractivity contribution in [3.8, 4) is 5.75 Å². The lowest BCUT2D eigenvalue weighted by Gasteiger charge is -2.09. The highest BCUT2D eigenvalue weighted by atomic mass is 35.5. The molecule has 9 heteroatoms. The van der Waals surface area contributed by atoms with E-state index in [0.717, 1.165) is 5.56 Å². The smallest absolute Gasteiger partial charge is 0.271 e. The number of carbonyl (C=O) groups is 1. The molecule has 0 aliphatic heterocycles. The summed E-state index contributed by atoms with van der Waals surface area (Å²) in [5.41, 5.74) is 3.74. The van der Waals surface area contributed by atoms with Crippen LogP contribution in [-0.2, 0) is 6.61 Å². The number of halogens is 2. The molecule has 1 N–H and O–H groups in total. The van der Waals surface area contributed by atoms with Gasteiger partial charge in [-0.2, -0.15) is 5.10 Å². The molecule has 0 aliphatic carbocycles. The zero-order chi connectivity index (χ0) is 21.5. The maximum Gasteiger partial charge on any atom is 0.271 e. The normalized spacial score (nSPS) is 10.7. The van der Waals surface area contributed by atoms with Gasteiger partial charge in [-0.25, -0.2) is 5.43 Å². The van der Waals surface area contributed by atoms with E-state index in [1.807, 2.05) is 18.2 Å². The van der Waals surface area contributed by atoms with Crippen LogP contribution in [0, 0.1) is 10.1 Å². The first-order chi connectivity index (χ1) is 14.4. The average molecular weight is 444 g/mol. The van der Waals surface area contributed by atoms with Crippen LogP contribution in [0.5, 0.6) is 5.75 Å². The van der Waals surface area contributed by atoms with Gasteiger partial charge >= 0.3 is 0 Å². The number of carbonyl (C=O) groups excluding carboxylic acids is 1. The van der Waals surface area contributed by atoms with E-state index in [0.29, 0.717) is 21.4 Å². The van der Waals surface area contributed by atoms with E-state index in [-0.39, 0.29) is 17.9 Å². The molecule has 0 spiro atoms. The lowest BCUT2D eigenvalue weighted by Crippen LogP contribution is -2.17. The minimum atomic E-state index is -0.572. The summed E-state index contributed by atoms with van der Waals surface area (Å²) in [6.07, 6.45) is 1.40. The van der Waals surface area contributed by atoms with Gasteiger partial charge in [-0.1, -0.05) is 47.5 Å². The summed E-state index contributed by atoms with van der Waals surface area (Å²) >= 11 is 12.4. The van der Waals surface area contributed by atoms with Crippen molar-refractivity contribution in [3.63, 3.8) is 0 Å². The Balaban J connectivity index is 1.60. The summed E-state index contributed by atoms with van der Waals surface area (Å²) in [6.45, 7) is 0.270. The number of benzene rings is 3. The number of nitrogens with one attached hydrogen (secondary N) is 1. The van der Waals surface area contributed by atoms with Crippen LogP contribution in [0.3, 0.4) is 0 Å². The van der Waals surface area contributed by atoms with Gasteiger partial charge in [0.25, 0.3) is 11.6 Å². The van der Waals surface area contributed by atoms with Gasteiger partial charge in [0.1, 0.15) is 12.4 Å². The van der Waals surface area contributed by atoms with E-state index < -0.39 is 10.8 Å². The summed E-state index contributed by atoms with van der Waals surface area (Å²) in [4.78, 5) is 22.3. The Labute approximate surface area is 182 Å². The number of hydrogen-bond acceptors (Lipinski definition) is 5. The van der Waals surface area contributed by atoms with E-state index in [1.165, 1.54) is 30.5 Å². The number of hydrogen-bond donors (Lipinski definition) is 1. The number of hydrazone groups is 1. The molecule has 30 heavy (non-hydrogen) atoms. The molecule has 0 fully saturated rings. The second kappa shape index (κ2) is 9.87. The maximum absolute atomic E-state index is 12.1. The first kappa shape index (κ1) is 21.3. The molecular weight excluding hydrogens is 429 g/mol. The molecule has 0 saturated carbocycles. The van der Waals surface area contributed by atoms with Crippen LogP contribution in [0.15, 0.2) is 71.8 Å². The van der Waals surface area contributed by atoms with Gasteiger partial charge in [0.15, 0.2) is 0 Å². The highest BCUT2D eigenvalue weighted by molar-refractivity contribution is 6.32. The third-order valence-corrected chi connectivity index (χ3v) is 4.66. The van der Waals surface area contributed by atoms with Gasteiger partial charge in [-0.15, -0.1) is 0 Å². The van der Waals surface area contributed by atoms with Gasteiger partial charge in [0.2, 0.25) is 0 Å². The number of ether oxygens (including phenoxy) is 1. The molecule has 0 radical (unpaired) electrons. The standard InChI is InChI=1S/C21H15Cl2N3O4/c22-18-7-2-1-4-16(18)13-30-20-9-8-14(10-19(20)23)12-24-25-21(27)15-5-3-6-17(11-15)26(28)29/h1-12H,13H2,(H,25,27). The van der Waals surface area contributed by atoms with Crippen molar-refractivity contribution in [3.05, 3.63) is 104 Å². The third kappa shape index (κ3) is 5.56. The van der Waals surface area contributed by atoms with Crippen LogP contribution in [0.25, 0.3) is 0 Å². The van der Waals surface area contributed by atoms with Crippen LogP contribution in [0.2, 0.25) is 10.0 Å². The van der Waals surface area contributed by atoms with Gasteiger partial charge in [-0.3, -0.25) is 14.9 Å². The minimum absolute atomic E-state index is 0.128. The summed E-state index contributed by atoms with van der Waals surface area (Å²) in [5, 5.41) is 15.6. The summed E-state index contributed by atoms with van der Waals surface area (Å²) in [5.74, 6) is -0.0879. The Bertz CT molecular complexity index is 1120. The van der Waals surface area contributed by atoms with Crippen LogP contribution in [-0.4, -0.2) is 17.0 Å². The maximum atomic E-state index is 12.1. The van der Waals surface area contributed by atoms with Crippen molar-refractivity contribution in [1.82, 2.24) is 5.43 Å². The van der Waals surface area contributed by atoms with Crippen LogP contribution in [0.4, 0.5) is 5.69 Å². The molecule has 0 saturated heterocycles. The Kier molecular flexibility index (Phi) is 7.00. The van der Waals surface area contributed by atoms with Crippen molar-refractivity contribution in [2.75, 3.05) is 0 Å². The zero-order valence-electron chi connectivity index (χ0n) is 15.4. The molecule has 7 nitrogen and oxygen atoms in total. The SMILES string of the molecule is O=C(NN=Cc1ccc(OCc2ccccc2Cl)c(Cl)c1)c1cccc([N+](=O)[O-])c1. The van der Waals surface area contributed by atoms with Crippen molar-refractivity contribution in [1.29, 1.82) is 0 Å². The number of non-ortho nitro benzene ring substituents is 1. The number of rotatable bonds is 7. The van der Waals surface area contributed by atoms with E-state index in [2.05, 4.69) is 10.5 Å². The molecule has 0 aromatic heterocycles. The van der Waals surface area contributed by atoms with Gasteiger partial charge in [-0.05, 0) is 35.9 Å². The van der Waals surface area contributed by atoms with Crippen molar-refractivity contribution in [2.24, 2.45) is 5.10 Å². The molecule has 3 rings (SSSR count). The number of nitro groups is 1. The minimum Gasteiger partial charge on any atom is -0.487 e. The van der Waals surface area contributed by atoms with Crippen LogP contribution in [0.1, 0.15) is 21.5 Å². The molecule has 0 atom stereocenters. The third-order valence-electron chi connectivity index (χ3n) is 4.00. The predicted octanol–water partition coefficient (Wildman–Crippen LogP) is 5.24. The molecule has 0 heterocycles. The lowest BCUT2D eigenvalue weighted by molar-refractivity contribution is -0.384. The first-order valence-electron chi connectivity index (χ1n) is 8.67. The van der Waals surface area contributed by atoms with Gasteiger partial charge in [0, 0.05) is 28.3 Å². The number of nitro benzene ring substituents is 1. The Morgan fingerprint density at radius 1 is 1.07 bits per heavy atom. The molecule has 0 bridgehead atoms. The average Bonchev–Trinajstić information content (AvgIpc) is 2.74. The topological polar surface area (TPSA) is 93.8 Å².